The molecule has 2 aliphatic carbocycles. The zero-order valence-corrected chi connectivity index (χ0v) is 13.2. The molecule has 2 N–H and O–H groups in total. The predicted molar refractivity (Wildman–Crippen MR) is 84.8 cm³/mol. The molecule has 112 valence electrons. The molecule has 3 atom stereocenters. The van der Waals surface area contributed by atoms with E-state index < -0.39 is 0 Å². The molecule has 3 unspecified atom stereocenters. The predicted octanol–water partition coefficient (Wildman–Crippen LogP) is 4.35. The van der Waals surface area contributed by atoms with E-state index in [2.05, 4.69) is 24.5 Å². The van der Waals surface area contributed by atoms with Crippen LogP contribution < -0.4 is 5.73 Å². The van der Waals surface area contributed by atoms with E-state index in [0.717, 1.165) is 18.3 Å². The molecule has 0 aromatic carbocycles. The number of fused-ring (bicyclic) bond motifs is 1. The Morgan fingerprint density at radius 1 is 1.25 bits per heavy atom. The van der Waals surface area contributed by atoms with Crippen LogP contribution >= 0.6 is 0 Å². The normalized spacial score (nSPS) is 30.2. The van der Waals surface area contributed by atoms with Crippen LogP contribution in [0.1, 0.15) is 74.9 Å². The molecular weight excluding hydrogens is 244 g/mol. The Kier molecular flexibility index (Phi) is 4.21. The molecule has 0 spiro atoms. The average Bonchev–Trinajstić information content (AvgIpc) is 2.74. The second-order valence-electron chi connectivity index (χ2n) is 7.26. The first-order chi connectivity index (χ1) is 9.65. The molecule has 1 aromatic heterocycles. The maximum absolute atomic E-state index is 6.27. The summed E-state index contributed by atoms with van der Waals surface area (Å²) in [5.41, 5.74) is 10.7. The van der Waals surface area contributed by atoms with Gasteiger partial charge in [0.1, 0.15) is 0 Å². The summed E-state index contributed by atoms with van der Waals surface area (Å²) < 4.78 is 2.58. The van der Waals surface area contributed by atoms with Gasteiger partial charge < -0.3 is 10.3 Å². The third-order valence-electron chi connectivity index (χ3n) is 5.58. The molecule has 1 fully saturated rings. The van der Waals surface area contributed by atoms with Crippen molar-refractivity contribution in [2.45, 2.75) is 77.8 Å². The lowest BCUT2D eigenvalue weighted by molar-refractivity contribution is 0.260. The lowest BCUT2D eigenvalue weighted by Crippen LogP contribution is -2.20. The molecular formula is C18H30N2. The molecule has 0 aliphatic heterocycles. The largest absolute Gasteiger partial charge is 0.349 e. The van der Waals surface area contributed by atoms with Gasteiger partial charge in [0.2, 0.25) is 0 Å². The highest BCUT2D eigenvalue weighted by molar-refractivity contribution is 5.32. The summed E-state index contributed by atoms with van der Waals surface area (Å²) in [6, 6.07) is 2.64. The third kappa shape index (κ3) is 2.81. The minimum atomic E-state index is 0.286. The van der Waals surface area contributed by atoms with Crippen molar-refractivity contribution in [3.63, 3.8) is 0 Å². The Morgan fingerprint density at radius 2 is 2.10 bits per heavy atom. The van der Waals surface area contributed by atoms with Crippen LogP contribution in [0.15, 0.2) is 6.07 Å². The van der Waals surface area contributed by atoms with Crippen molar-refractivity contribution < 1.29 is 0 Å². The zero-order valence-electron chi connectivity index (χ0n) is 13.2. The van der Waals surface area contributed by atoms with Crippen LogP contribution in [0.5, 0.6) is 0 Å². The van der Waals surface area contributed by atoms with Gasteiger partial charge in [-0.1, -0.05) is 26.2 Å². The highest BCUT2D eigenvalue weighted by atomic mass is 15.0. The molecule has 20 heavy (non-hydrogen) atoms. The summed E-state index contributed by atoms with van der Waals surface area (Å²) in [6.45, 7) is 5.90. The molecule has 0 radical (unpaired) electrons. The van der Waals surface area contributed by atoms with Crippen LogP contribution in [0, 0.1) is 18.8 Å². The Morgan fingerprint density at radius 3 is 2.90 bits per heavy atom. The summed E-state index contributed by atoms with van der Waals surface area (Å²) in [5, 5.41) is 0. The minimum Gasteiger partial charge on any atom is -0.349 e. The third-order valence-corrected chi connectivity index (χ3v) is 5.58. The zero-order chi connectivity index (χ0) is 14.1. The number of aryl methyl sites for hydroxylation is 1. The lowest BCUT2D eigenvalue weighted by Gasteiger charge is -2.28. The number of nitrogens with two attached hydrogens (primary N) is 1. The Labute approximate surface area is 123 Å². The quantitative estimate of drug-likeness (QED) is 0.873. The number of hydrogen-bond donors (Lipinski definition) is 1. The Bertz CT molecular complexity index is 460. The molecule has 0 bridgehead atoms. The molecule has 2 heteroatoms. The van der Waals surface area contributed by atoms with E-state index in [-0.39, 0.29) is 6.04 Å². The summed E-state index contributed by atoms with van der Waals surface area (Å²) in [5.74, 6) is 1.90. The van der Waals surface area contributed by atoms with E-state index in [4.69, 9.17) is 5.73 Å². The number of hydrogen-bond acceptors (Lipinski definition) is 1. The fourth-order valence-corrected chi connectivity index (χ4v) is 4.45. The molecule has 1 heterocycles. The maximum Gasteiger partial charge on any atom is 0.0313 e. The van der Waals surface area contributed by atoms with Crippen LogP contribution in [0.3, 0.4) is 0 Å². The smallest absolute Gasteiger partial charge is 0.0313 e. The first kappa shape index (κ1) is 14.2. The first-order valence-electron chi connectivity index (χ1n) is 8.59. The van der Waals surface area contributed by atoms with Crippen molar-refractivity contribution in [3.05, 3.63) is 23.0 Å². The summed E-state index contributed by atoms with van der Waals surface area (Å²) >= 11 is 0. The van der Waals surface area contributed by atoms with Gasteiger partial charge in [-0.2, -0.15) is 0 Å². The van der Waals surface area contributed by atoms with Crippen molar-refractivity contribution in [1.82, 2.24) is 4.57 Å². The average molecular weight is 274 g/mol. The van der Waals surface area contributed by atoms with Gasteiger partial charge in [-0.3, -0.25) is 0 Å². The minimum absolute atomic E-state index is 0.286. The van der Waals surface area contributed by atoms with Gasteiger partial charge >= 0.3 is 0 Å². The summed E-state index contributed by atoms with van der Waals surface area (Å²) in [7, 11) is 0. The Hall–Kier alpha value is -0.760. The van der Waals surface area contributed by atoms with Crippen molar-refractivity contribution >= 4 is 0 Å². The fourth-order valence-electron chi connectivity index (χ4n) is 4.45. The van der Waals surface area contributed by atoms with Crippen LogP contribution in [-0.4, -0.2) is 4.57 Å². The van der Waals surface area contributed by atoms with Crippen LogP contribution in [0.2, 0.25) is 0 Å². The van der Waals surface area contributed by atoms with E-state index >= 15 is 0 Å². The van der Waals surface area contributed by atoms with Crippen LogP contribution in [0.25, 0.3) is 0 Å². The van der Waals surface area contributed by atoms with Gasteiger partial charge in [-0.15, -0.1) is 0 Å². The van der Waals surface area contributed by atoms with Gasteiger partial charge in [0.25, 0.3) is 0 Å². The molecule has 2 aliphatic rings. The highest BCUT2D eigenvalue weighted by Gasteiger charge is 2.23. The van der Waals surface area contributed by atoms with Gasteiger partial charge in [-0.05, 0) is 62.5 Å². The second-order valence-corrected chi connectivity index (χ2v) is 7.26. The van der Waals surface area contributed by atoms with Crippen molar-refractivity contribution in [2.75, 3.05) is 0 Å². The van der Waals surface area contributed by atoms with E-state index in [1.807, 2.05) is 0 Å². The number of nitrogens with zero attached hydrogens (tertiary/aromatic N) is 1. The van der Waals surface area contributed by atoms with Gasteiger partial charge in [0, 0.05) is 24.0 Å². The summed E-state index contributed by atoms with van der Waals surface area (Å²) in [6.07, 6.45) is 10.8. The van der Waals surface area contributed by atoms with E-state index in [1.165, 1.54) is 62.7 Å². The maximum atomic E-state index is 6.27. The molecule has 3 rings (SSSR count). The molecule has 0 amide bonds. The number of aromatic nitrogens is 1. The van der Waals surface area contributed by atoms with Gasteiger partial charge in [0.15, 0.2) is 0 Å². The molecule has 0 saturated heterocycles. The summed E-state index contributed by atoms with van der Waals surface area (Å²) in [4.78, 5) is 0. The lowest BCUT2D eigenvalue weighted by atomic mass is 9.81. The molecule has 1 aromatic rings. The van der Waals surface area contributed by atoms with Crippen LogP contribution in [-0.2, 0) is 13.0 Å². The monoisotopic (exact) mass is 274 g/mol. The number of rotatable bonds is 3. The second kappa shape index (κ2) is 5.93. The van der Waals surface area contributed by atoms with Crippen molar-refractivity contribution in [3.8, 4) is 0 Å². The molecule has 2 nitrogen and oxygen atoms in total. The van der Waals surface area contributed by atoms with E-state index in [0.29, 0.717) is 0 Å². The standard InChI is InChI=1S/C18H30N2/c1-13-5-3-6-15(11-13)9-10-20-14(2)12-16-17(19)7-4-8-18(16)20/h12-13,15,17H,3-11,19H2,1-2H3. The highest BCUT2D eigenvalue weighted by Crippen LogP contribution is 2.34. The SMILES string of the molecule is Cc1cc2c(n1CCC1CCCC(C)C1)CCCC2N. The topological polar surface area (TPSA) is 30.9 Å². The van der Waals surface area contributed by atoms with E-state index in [1.54, 1.807) is 5.69 Å². The van der Waals surface area contributed by atoms with Gasteiger partial charge in [0.05, 0.1) is 0 Å². The van der Waals surface area contributed by atoms with Crippen molar-refractivity contribution in [1.29, 1.82) is 0 Å². The van der Waals surface area contributed by atoms with E-state index in [9.17, 15) is 0 Å². The fraction of sp³-hybridized carbons (Fsp3) is 0.778. The molecule has 1 saturated carbocycles. The van der Waals surface area contributed by atoms with Crippen LogP contribution in [0.4, 0.5) is 0 Å². The first-order valence-corrected chi connectivity index (χ1v) is 8.59. The van der Waals surface area contributed by atoms with Crippen molar-refractivity contribution in [2.24, 2.45) is 17.6 Å². The Balaban J connectivity index is 1.68. The van der Waals surface area contributed by atoms with Gasteiger partial charge in [-0.25, -0.2) is 0 Å².